The third-order valence-corrected chi connectivity index (χ3v) is 1.22. The summed E-state index contributed by atoms with van der Waals surface area (Å²) in [4.78, 5) is 0. The summed E-state index contributed by atoms with van der Waals surface area (Å²) >= 11 is 0. The van der Waals surface area contributed by atoms with Gasteiger partial charge in [-0.05, 0) is 13.8 Å². The van der Waals surface area contributed by atoms with Crippen LogP contribution in [0, 0.1) is 13.8 Å². The van der Waals surface area contributed by atoms with Crippen LogP contribution in [0.25, 0.3) is 0 Å². The Labute approximate surface area is 73.9 Å². The summed E-state index contributed by atoms with van der Waals surface area (Å²) in [5, 5.41) is 0. The predicted octanol–water partition coefficient (Wildman–Crippen LogP) is -0.869. The zero-order valence-electron chi connectivity index (χ0n) is 6.76. The monoisotopic (exact) mass is 130 g/mol. The summed E-state index contributed by atoms with van der Waals surface area (Å²) in [6.45, 7) is 4.19. The largest absolute Gasteiger partial charge is 1.00 e. The molecular weight excluding hydrogens is 119 g/mol. The van der Waals surface area contributed by atoms with E-state index in [9.17, 15) is 0 Å². The molecule has 0 aliphatic heterocycles. The molecule has 0 saturated heterocycles. The van der Waals surface area contributed by atoms with Crippen LogP contribution in [0.3, 0.4) is 0 Å². The Bertz CT molecular complexity index is 148. The average molecular weight is 130 g/mol. The molecule has 0 amide bonds. The molecule has 10 heavy (non-hydrogen) atoms. The van der Waals surface area contributed by atoms with Gasteiger partial charge in [0, 0.05) is 0 Å². The van der Waals surface area contributed by atoms with Gasteiger partial charge in [-0.15, -0.1) is 0 Å². The fourth-order valence-corrected chi connectivity index (χ4v) is 0.637. The van der Waals surface area contributed by atoms with Gasteiger partial charge in [0.15, 0.2) is 0 Å². The van der Waals surface area contributed by atoms with E-state index in [2.05, 4.69) is 38.1 Å². The summed E-state index contributed by atoms with van der Waals surface area (Å²) < 4.78 is 0. The van der Waals surface area contributed by atoms with Crippen molar-refractivity contribution in [3.05, 3.63) is 35.4 Å². The van der Waals surface area contributed by atoms with Crippen molar-refractivity contribution in [1.82, 2.24) is 0 Å². The molecule has 50 valence electrons. The Balaban J connectivity index is 0. The van der Waals surface area contributed by atoms with Gasteiger partial charge in [-0.1, -0.05) is 35.4 Å². The molecule has 0 unspecified atom stereocenters. The Morgan fingerprint density at radius 3 is 1.20 bits per heavy atom. The third kappa shape index (κ3) is 3.74. The zero-order valence-corrected chi connectivity index (χ0v) is 6.76. The Morgan fingerprint density at radius 1 is 0.800 bits per heavy atom. The van der Waals surface area contributed by atoms with Crippen LogP contribution >= 0.6 is 0 Å². The van der Waals surface area contributed by atoms with E-state index in [0.717, 1.165) is 0 Å². The van der Waals surface area contributed by atoms with Crippen LogP contribution in [0.5, 0.6) is 0 Å². The number of hydrogen-bond acceptors (Lipinski definition) is 1. The molecule has 0 atom stereocenters. The molecule has 0 aliphatic rings. The van der Waals surface area contributed by atoms with Crippen LogP contribution in [0.15, 0.2) is 24.3 Å². The fraction of sp³-hybridized carbons (Fsp3) is 0.250. The molecule has 1 aromatic rings. The van der Waals surface area contributed by atoms with E-state index in [1.807, 2.05) is 0 Å². The van der Waals surface area contributed by atoms with Gasteiger partial charge in [0.25, 0.3) is 0 Å². The maximum atomic E-state index is 2.12. The zero-order chi connectivity index (χ0) is 5.98. The van der Waals surface area contributed by atoms with E-state index >= 15 is 0 Å². The fourth-order valence-electron chi connectivity index (χ4n) is 0.637. The minimum atomic E-state index is 0. The van der Waals surface area contributed by atoms with E-state index in [4.69, 9.17) is 0 Å². The van der Waals surface area contributed by atoms with Gasteiger partial charge in [0.2, 0.25) is 0 Å². The molecule has 0 saturated carbocycles. The van der Waals surface area contributed by atoms with Crippen LogP contribution in [0.1, 0.15) is 11.1 Å². The van der Waals surface area contributed by atoms with E-state index in [1.165, 1.54) is 11.1 Å². The van der Waals surface area contributed by atoms with Crippen molar-refractivity contribution >= 4 is 0 Å². The molecule has 1 aromatic carbocycles. The normalized spacial score (nSPS) is 7.40. The van der Waals surface area contributed by atoms with Crippen molar-refractivity contribution in [3.8, 4) is 0 Å². The number of aryl methyl sites for hydroxylation is 2. The molecule has 0 aliphatic carbocycles. The second-order valence-corrected chi connectivity index (χ2v) is 2.15. The molecule has 0 bridgehead atoms. The van der Waals surface area contributed by atoms with Crippen molar-refractivity contribution in [2.75, 3.05) is 0 Å². The molecule has 2 heteroatoms. The van der Waals surface area contributed by atoms with Gasteiger partial charge in [0.1, 0.15) is 0 Å². The summed E-state index contributed by atoms with van der Waals surface area (Å²) in [6.07, 6.45) is 0. The van der Waals surface area contributed by atoms with Crippen molar-refractivity contribution < 1.29 is 24.3 Å². The van der Waals surface area contributed by atoms with E-state index in [-0.39, 0.29) is 24.3 Å². The standard InChI is InChI=1S/C8H10.Li.H2O/c1-7-3-5-8(2)6-4-7;;/h3-6H,1-2H3;;1H2/q;+1;/p-1. The van der Waals surface area contributed by atoms with E-state index < -0.39 is 0 Å². The van der Waals surface area contributed by atoms with Gasteiger partial charge in [-0.25, -0.2) is 0 Å². The first-order chi connectivity index (χ1) is 3.79. The maximum absolute atomic E-state index is 2.12. The molecule has 1 nitrogen and oxygen atoms in total. The molecule has 0 fully saturated rings. The van der Waals surface area contributed by atoms with Crippen molar-refractivity contribution in [2.24, 2.45) is 0 Å². The molecule has 0 heterocycles. The van der Waals surface area contributed by atoms with E-state index in [1.54, 1.807) is 0 Å². The first kappa shape index (κ1) is 12.5. The summed E-state index contributed by atoms with van der Waals surface area (Å²) in [7, 11) is 0. The van der Waals surface area contributed by atoms with E-state index in [0.29, 0.717) is 0 Å². The Hall–Kier alpha value is -0.223. The summed E-state index contributed by atoms with van der Waals surface area (Å²) in [6, 6.07) is 8.48. The number of rotatable bonds is 0. The maximum Gasteiger partial charge on any atom is 1.00 e. The van der Waals surface area contributed by atoms with Crippen LogP contribution in [-0.2, 0) is 0 Å². The molecule has 1 N–H and O–H groups in total. The minimum Gasteiger partial charge on any atom is -0.870 e. The third-order valence-electron chi connectivity index (χ3n) is 1.22. The summed E-state index contributed by atoms with van der Waals surface area (Å²) in [5.74, 6) is 0. The average Bonchev–Trinajstić information content (AvgIpc) is 1.77. The van der Waals surface area contributed by atoms with Gasteiger partial charge < -0.3 is 5.48 Å². The molecule has 1 rings (SSSR count). The second-order valence-electron chi connectivity index (χ2n) is 2.15. The van der Waals surface area contributed by atoms with Gasteiger partial charge >= 0.3 is 18.9 Å². The number of hydrogen-bond donors (Lipinski definition) is 0. The minimum absolute atomic E-state index is 0. The van der Waals surface area contributed by atoms with Gasteiger partial charge in [-0.2, -0.15) is 0 Å². The Morgan fingerprint density at radius 2 is 1.00 bits per heavy atom. The van der Waals surface area contributed by atoms with Crippen molar-refractivity contribution in [1.29, 1.82) is 0 Å². The Kier molecular flexibility index (Phi) is 6.92. The van der Waals surface area contributed by atoms with Crippen LogP contribution in [-0.4, -0.2) is 5.48 Å². The predicted molar refractivity (Wildman–Crippen MR) is 37.9 cm³/mol. The van der Waals surface area contributed by atoms with Crippen molar-refractivity contribution in [2.45, 2.75) is 13.8 Å². The SMILES string of the molecule is Cc1ccc(C)cc1.[Li+].[OH-]. The topological polar surface area (TPSA) is 30.0 Å². The van der Waals surface area contributed by atoms with Crippen LogP contribution < -0.4 is 18.9 Å². The molecular formula is C8H11LiO. The second kappa shape index (κ2) is 5.55. The summed E-state index contributed by atoms with van der Waals surface area (Å²) in [5.41, 5.74) is 2.66. The van der Waals surface area contributed by atoms with Gasteiger partial charge in [-0.3, -0.25) is 0 Å². The molecule has 0 spiro atoms. The smallest absolute Gasteiger partial charge is 0.870 e. The number of benzene rings is 1. The van der Waals surface area contributed by atoms with Crippen LogP contribution in [0.2, 0.25) is 0 Å². The van der Waals surface area contributed by atoms with Gasteiger partial charge in [0.05, 0.1) is 0 Å². The quantitative estimate of drug-likeness (QED) is 0.420. The first-order valence-electron chi connectivity index (χ1n) is 2.82. The first-order valence-corrected chi connectivity index (χ1v) is 2.82. The van der Waals surface area contributed by atoms with Crippen molar-refractivity contribution in [3.63, 3.8) is 0 Å². The molecule has 0 aromatic heterocycles. The van der Waals surface area contributed by atoms with Crippen LogP contribution in [0.4, 0.5) is 0 Å². The molecule has 0 radical (unpaired) electrons.